The standard InChI is InChI=1S/C20H21N5/c1-14-3-4-16(15(2)7-14)11-25-6-5-19-18(12-25)10-23-20(24-19)17-8-21-13-22-9-17/h3-4,7-10,13H,5-6,11-12H2,1-2H3. The van der Waals surface area contributed by atoms with Crippen LogP contribution < -0.4 is 0 Å². The van der Waals surface area contributed by atoms with Crippen LogP contribution in [0.15, 0.2) is 43.1 Å². The largest absolute Gasteiger partial charge is 0.294 e. The minimum atomic E-state index is 0.710. The number of aryl methyl sites for hydroxylation is 2. The van der Waals surface area contributed by atoms with E-state index in [1.165, 1.54) is 28.6 Å². The van der Waals surface area contributed by atoms with Crippen molar-refractivity contribution in [2.24, 2.45) is 0 Å². The Balaban J connectivity index is 1.52. The second-order valence-electron chi connectivity index (χ2n) is 6.68. The first-order valence-electron chi connectivity index (χ1n) is 8.58. The fraction of sp³-hybridized carbons (Fsp3) is 0.300. The Kier molecular flexibility index (Phi) is 4.24. The molecule has 3 heterocycles. The molecule has 0 atom stereocenters. The summed E-state index contributed by atoms with van der Waals surface area (Å²) in [6.07, 6.45) is 7.93. The number of rotatable bonds is 3. The molecule has 0 bridgehead atoms. The van der Waals surface area contributed by atoms with Gasteiger partial charge in [0, 0.05) is 50.2 Å². The first kappa shape index (κ1) is 15.8. The number of fused-ring (bicyclic) bond motifs is 1. The maximum Gasteiger partial charge on any atom is 0.162 e. The highest BCUT2D eigenvalue weighted by molar-refractivity contribution is 5.52. The van der Waals surface area contributed by atoms with E-state index in [1.54, 1.807) is 12.4 Å². The van der Waals surface area contributed by atoms with E-state index < -0.39 is 0 Å². The Morgan fingerprint density at radius 1 is 1.08 bits per heavy atom. The van der Waals surface area contributed by atoms with Gasteiger partial charge in [0.25, 0.3) is 0 Å². The van der Waals surface area contributed by atoms with Gasteiger partial charge in [0.15, 0.2) is 5.82 Å². The van der Waals surface area contributed by atoms with Gasteiger partial charge in [0.2, 0.25) is 0 Å². The van der Waals surface area contributed by atoms with E-state index in [2.05, 4.69) is 51.9 Å². The monoisotopic (exact) mass is 331 g/mol. The molecular weight excluding hydrogens is 310 g/mol. The summed E-state index contributed by atoms with van der Waals surface area (Å²) in [6, 6.07) is 6.69. The SMILES string of the molecule is Cc1ccc(CN2CCc3nc(-c4cncnc4)ncc3C2)c(C)c1. The molecule has 2 aromatic heterocycles. The van der Waals surface area contributed by atoms with Crippen LogP contribution in [0, 0.1) is 13.8 Å². The minimum Gasteiger partial charge on any atom is -0.294 e. The Labute approximate surface area is 147 Å². The molecule has 0 unspecified atom stereocenters. The number of hydrogen-bond acceptors (Lipinski definition) is 5. The molecule has 3 aromatic rings. The molecule has 4 rings (SSSR count). The zero-order valence-electron chi connectivity index (χ0n) is 14.6. The van der Waals surface area contributed by atoms with Crippen LogP contribution >= 0.6 is 0 Å². The van der Waals surface area contributed by atoms with Gasteiger partial charge in [-0.2, -0.15) is 0 Å². The van der Waals surface area contributed by atoms with Gasteiger partial charge in [0.05, 0.1) is 11.3 Å². The molecule has 0 radical (unpaired) electrons. The van der Waals surface area contributed by atoms with Crippen LogP contribution in [0.3, 0.4) is 0 Å². The van der Waals surface area contributed by atoms with Crippen molar-refractivity contribution in [3.8, 4) is 11.4 Å². The topological polar surface area (TPSA) is 54.8 Å². The molecule has 1 aliphatic rings. The number of aromatic nitrogens is 4. The molecule has 0 saturated heterocycles. The maximum atomic E-state index is 4.74. The lowest BCUT2D eigenvalue weighted by Crippen LogP contribution is -2.31. The lowest BCUT2D eigenvalue weighted by Gasteiger charge is -2.28. The molecule has 0 fully saturated rings. The van der Waals surface area contributed by atoms with Crippen molar-refractivity contribution in [3.63, 3.8) is 0 Å². The van der Waals surface area contributed by atoms with Crippen LogP contribution in [0.1, 0.15) is 27.9 Å². The van der Waals surface area contributed by atoms with Gasteiger partial charge in [-0.3, -0.25) is 4.90 Å². The van der Waals surface area contributed by atoms with Crippen LogP contribution in [-0.4, -0.2) is 31.4 Å². The highest BCUT2D eigenvalue weighted by atomic mass is 15.1. The first-order chi connectivity index (χ1) is 12.2. The molecule has 5 heteroatoms. The summed E-state index contributed by atoms with van der Waals surface area (Å²) >= 11 is 0. The Morgan fingerprint density at radius 3 is 2.72 bits per heavy atom. The number of hydrogen-bond donors (Lipinski definition) is 0. The van der Waals surface area contributed by atoms with Crippen LogP contribution in [-0.2, 0) is 19.5 Å². The fourth-order valence-corrected chi connectivity index (χ4v) is 3.33. The summed E-state index contributed by atoms with van der Waals surface area (Å²) in [5.41, 5.74) is 7.30. The van der Waals surface area contributed by atoms with Crippen molar-refractivity contribution in [2.75, 3.05) is 6.54 Å². The smallest absolute Gasteiger partial charge is 0.162 e. The maximum absolute atomic E-state index is 4.74. The molecule has 1 aliphatic heterocycles. The van der Waals surface area contributed by atoms with Crippen molar-refractivity contribution >= 4 is 0 Å². The number of benzene rings is 1. The van der Waals surface area contributed by atoms with E-state index in [4.69, 9.17) is 4.98 Å². The molecule has 0 N–H and O–H groups in total. The van der Waals surface area contributed by atoms with Gasteiger partial charge in [-0.15, -0.1) is 0 Å². The lowest BCUT2D eigenvalue weighted by atomic mass is 10.0. The molecular formula is C20H21N5. The van der Waals surface area contributed by atoms with Crippen LogP contribution in [0.2, 0.25) is 0 Å². The van der Waals surface area contributed by atoms with E-state index >= 15 is 0 Å². The van der Waals surface area contributed by atoms with E-state index in [1.807, 2.05) is 6.20 Å². The fourth-order valence-electron chi connectivity index (χ4n) is 3.33. The van der Waals surface area contributed by atoms with E-state index in [0.717, 1.165) is 37.3 Å². The van der Waals surface area contributed by atoms with Crippen molar-refractivity contribution in [2.45, 2.75) is 33.4 Å². The molecule has 0 amide bonds. The average Bonchev–Trinajstić information content (AvgIpc) is 2.64. The van der Waals surface area contributed by atoms with Crippen molar-refractivity contribution < 1.29 is 0 Å². The van der Waals surface area contributed by atoms with Crippen molar-refractivity contribution in [3.05, 3.63) is 71.1 Å². The number of nitrogens with zero attached hydrogens (tertiary/aromatic N) is 5. The normalized spacial score (nSPS) is 14.3. The molecule has 0 saturated carbocycles. The van der Waals surface area contributed by atoms with E-state index in [-0.39, 0.29) is 0 Å². The quantitative estimate of drug-likeness (QED) is 0.738. The van der Waals surface area contributed by atoms with Gasteiger partial charge in [0.1, 0.15) is 6.33 Å². The van der Waals surface area contributed by atoms with Gasteiger partial charge in [-0.1, -0.05) is 23.8 Å². The summed E-state index contributed by atoms with van der Waals surface area (Å²) in [4.78, 5) is 19.8. The van der Waals surface area contributed by atoms with E-state index in [0.29, 0.717) is 5.82 Å². The zero-order chi connectivity index (χ0) is 17.2. The highest BCUT2D eigenvalue weighted by Gasteiger charge is 2.19. The third kappa shape index (κ3) is 3.42. The van der Waals surface area contributed by atoms with Crippen molar-refractivity contribution in [1.29, 1.82) is 0 Å². The first-order valence-corrected chi connectivity index (χ1v) is 8.58. The summed E-state index contributed by atoms with van der Waals surface area (Å²) in [5.74, 6) is 0.710. The predicted octanol–water partition coefficient (Wildman–Crippen LogP) is 3.11. The Bertz CT molecular complexity index is 892. The molecule has 5 nitrogen and oxygen atoms in total. The second kappa shape index (κ2) is 6.69. The highest BCUT2D eigenvalue weighted by Crippen LogP contribution is 2.22. The summed E-state index contributed by atoms with van der Waals surface area (Å²) in [7, 11) is 0. The van der Waals surface area contributed by atoms with Gasteiger partial charge in [-0.05, 0) is 25.0 Å². The molecule has 126 valence electrons. The zero-order valence-corrected chi connectivity index (χ0v) is 14.6. The summed E-state index contributed by atoms with van der Waals surface area (Å²) in [6.45, 7) is 7.22. The van der Waals surface area contributed by atoms with E-state index in [9.17, 15) is 0 Å². The molecule has 0 spiro atoms. The average molecular weight is 331 g/mol. The minimum absolute atomic E-state index is 0.710. The summed E-state index contributed by atoms with van der Waals surface area (Å²) in [5, 5.41) is 0. The molecule has 1 aromatic carbocycles. The molecule has 0 aliphatic carbocycles. The Morgan fingerprint density at radius 2 is 1.92 bits per heavy atom. The lowest BCUT2D eigenvalue weighted by molar-refractivity contribution is 0.242. The molecule has 25 heavy (non-hydrogen) atoms. The van der Waals surface area contributed by atoms with Gasteiger partial charge in [-0.25, -0.2) is 19.9 Å². The predicted molar refractivity (Wildman–Crippen MR) is 96.8 cm³/mol. The third-order valence-corrected chi connectivity index (χ3v) is 4.72. The van der Waals surface area contributed by atoms with Crippen LogP contribution in [0.5, 0.6) is 0 Å². The summed E-state index contributed by atoms with van der Waals surface area (Å²) < 4.78 is 0. The van der Waals surface area contributed by atoms with Crippen LogP contribution in [0.4, 0.5) is 0 Å². The third-order valence-electron chi connectivity index (χ3n) is 4.72. The van der Waals surface area contributed by atoms with Crippen molar-refractivity contribution in [1.82, 2.24) is 24.8 Å². The van der Waals surface area contributed by atoms with Gasteiger partial charge < -0.3 is 0 Å². The van der Waals surface area contributed by atoms with Gasteiger partial charge >= 0.3 is 0 Å². The van der Waals surface area contributed by atoms with Crippen LogP contribution in [0.25, 0.3) is 11.4 Å². The second-order valence-corrected chi connectivity index (χ2v) is 6.68. The Hall–Kier alpha value is -2.66.